The molecule has 1 aliphatic carbocycles. The van der Waals surface area contributed by atoms with E-state index in [1.54, 1.807) is 18.7 Å². The smallest absolute Gasteiger partial charge is 0.414 e. The minimum atomic E-state index is -0.642. The lowest BCUT2D eigenvalue weighted by atomic mass is 9.94. The van der Waals surface area contributed by atoms with Crippen molar-refractivity contribution in [1.29, 1.82) is 0 Å². The molecule has 1 heterocycles. The van der Waals surface area contributed by atoms with Crippen LogP contribution >= 0.6 is 0 Å². The third kappa shape index (κ3) is 9.75. The van der Waals surface area contributed by atoms with E-state index in [0.29, 0.717) is 50.1 Å². The predicted molar refractivity (Wildman–Crippen MR) is 149 cm³/mol. The second-order valence-electron chi connectivity index (χ2n) is 11.0. The van der Waals surface area contributed by atoms with Gasteiger partial charge in [0.2, 0.25) is 11.9 Å². The first-order valence-electron chi connectivity index (χ1n) is 14.1. The lowest BCUT2D eigenvalue weighted by Gasteiger charge is -2.31. The first kappa shape index (κ1) is 30.2. The number of carbonyl (C=O) groups is 3. The lowest BCUT2D eigenvalue weighted by Crippen LogP contribution is -2.47. The zero-order chi connectivity index (χ0) is 28.4. The van der Waals surface area contributed by atoms with Crippen molar-refractivity contribution in [2.45, 2.75) is 91.3 Å². The Kier molecular flexibility index (Phi) is 11.4. The SMILES string of the molecule is CC(C)COC(=O)CN1Cc2cc(OCCCC(=O)N(C)C3CCCCC3)ccc2N=C1NC(=O)OC(C)C. The van der Waals surface area contributed by atoms with E-state index in [1.807, 2.05) is 44.0 Å². The number of guanidine groups is 1. The molecule has 0 atom stereocenters. The molecule has 1 fully saturated rings. The minimum Gasteiger partial charge on any atom is -0.494 e. The largest absolute Gasteiger partial charge is 0.494 e. The van der Waals surface area contributed by atoms with Crippen LogP contribution in [0.4, 0.5) is 10.5 Å². The van der Waals surface area contributed by atoms with Gasteiger partial charge >= 0.3 is 12.1 Å². The molecule has 1 aliphatic heterocycles. The van der Waals surface area contributed by atoms with Gasteiger partial charge in [-0.15, -0.1) is 0 Å². The summed E-state index contributed by atoms with van der Waals surface area (Å²) >= 11 is 0. The molecule has 0 bridgehead atoms. The molecule has 0 unspecified atom stereocenters. The number of fused-ring (bicyclic) bond motifs is 1. The van der Waals surface area contributed by atoms with Crippen molar-refractivity contribution in [1.82, 2.24) is 15.1 Å². The van der Waals surface area contributed by atoms with Crippen LogP contribution < -0.4 is 10.1 Å². The molecule has 0 spiro atoms. The molecule has 0 saturated heterocycles. The number of rotatable bonds is 11. The number of hydrogen-bond donors (Lipinski definition) is 1. The van der Waals surface area contributed by atoms with E-state index in [2.05, 4.69) is 10.3 Å². The summed E-state index contributed by atoms with van der Waals surface area (Å²) in [6.45, 7) is 8.43. The van der Waals surface area contributed by atoms with Crippen molar-refractivity contribution in [3.8, 4) is 5.75 Å². The molecule has 1 saturated carbocycles. The highest BCUT2D eigenvalue weighted by molar-refractivity contribution is 5.97. The number of benzene rings is 1. The number of hydrogen-bond acceptors (Lipinski definition) is 8. The molecule has 0 aromatic heterocycles. The molecule has 216 valence electrons. The van der Waals surface area contributed by atoms with Crippen molar-refractivity contribution < 1.29 is 28.6 Å². The van der Waals surface area contributed by atoms with E-state index >= 15 is 0 Å². The van der Waals surface area contributed by atoms with Gasteiger partial charge in [-0.25, -0.2) is 9.79 Å². The van der Waals surface area contributed by atoms with Crippen molar-refractivity contribution in [2.75, 3.05) is 26.8 Å². The number of amides is 2. The average Bonchev–Trinajstić information content (AvgIpc) is 2.89. The van der Waals surface area contributed by atoms with Crippen molar-refractivity contribution in [3.63, 3.8) is 0 Å². The van der Waals surface area contributed by atoms with Gasteiger partial charge in [0.05, 0.1) is 25.0 Å². The van der Waals surface area contributed by atoms with Gasteiger partial charge in [0.25, 0.3) is 0 Å². The van der Waals surface area contributed by atoms with E-state index < -0.39 is 12.1 Å². The van der Waals surface area contributed by atoms with Crippen molar-refractivity contribution in [2.24, 2.45) is 10.9 Å². The highest BCUT2D eigenvalue weighted by Crippen LogP contribution is 2.30. The zero-order valence-corrected chi connectivity index (χ0v) is 24.0. The maximum Gasteiger partial charge on any atom is 0.414 e. The maximum absolute atomic E-state index is 12.6. The Morgan fingerprint density at radius 1 is 1.13 bits per heavy atom. The Morgan fingerprint density at radius 3 is 2.56 bits per heavy atom. The van der Waals surface area contributed by atoms with E-state index in [0.717, 1.165) is 18.4 Å². The predicted octanol–water partition coefficient (Wildman–Crippen LogP) is 4.77. The van der Waals surface area contributed by atoms with E-state index in [4.69, 9.17) is 14.2 Å². The van der Waals surface area contributed by atoms with Gasteiger partial charge in [0.15, 0.2) is 0 Å². The molecule has 0 radical (unpaired) electrons. The number of nitrogens with zero attached hydrogens (tertiary/aromatic N) is 3. The van der Waals surface area contributed by atoms with Crippen LogP contribution in [0.1, 0.15) is 78.2 Å². The standard InChI is InChI=1S/C29H44N4O6/c1-20(2)19-38-27(35)18-33-17-22-16-24(13-14-25(22)30-28(33)31-29(36)39-21(3)4)37-15-9-12-26(34)32(5)23-10-7-6-8-11-23/h13-14,16,20-21,23H,6-12,15,17-19H2,1-5H3,(H,30,31,36). The van der Waals surface area contributed by atoms with Gasteiger partial charge in [-0.1, -0.05) is 33.1 Å². The molecule has 2 amide bonds. The number of alkyl carbamates (subject to hydrolysis) is 1. The number of carbonyl (C=O) groups excluding carboxylic acids is 3. The molecular weight excluding hydrogens is 500 g/mol. The lowest BCUT2D eigenvalue weighted by molar-refractivity contribution is -0.145. The fourth-order valence-corrected chi connectivity index (χ4v) is 4.65. The molecule has 39 heavy (non-hydrogen) atoms. The van der Waals surface area contributed by atoms with Gasteiger partial charge in [0.1, 0.15) is 12.3 Å². The molecule has 1 aromatic rings. The number of aliphatic imine (C=N–C) groups is 1. The van der Waals surface area contributed by atoms with Gasteiger partial charge in [0, 0.05) is 31.6 Å². The number of ether oxygens (including phenoxy) is 3. The molecule has 10 nitrogen and oxygen atoms in total. The topological polar surface area (TPSA) is 110 Å². The summed E-state index contributed by atoms with van der Waals surface area (Å²) in [6.07, 6.45) is 6.00. The summed E-state index contributed by atoms with van der Waals surface area (Å²) in [5, 5.41) is 2.65. The Labute approximate surface area is 232 Å². The summed E-state index contributed by atoms with van der Waals surface area (Å²) in [5.41, 5.74) is 1.51. The van der Waals surface area contributed by atoms with Crippen LogP contribution in [0.2, 0.25) is 0 Å². The second kappa shape index (κ2) is 14.7. The Balaban J connectivity index is 1.59. The average molecular weight is 545 g/mol. The minimum absolute atomic E-state index is 0.0747. The van der Waals surface area contributed by atoms with Gasteiger partial charge in [-0.2, -0.15) is 0 Å². The fraction of sp³-hybridized carbons (Fsp3) is 0.655. The fourth-order valence-electron chi connectivity index (χ4n) is 4.65. The molecule has 10 heteroatoms. The molecule has 3 rings (SSSR count). The highest BCUT2D eigenvalue weighted by atomic mass is 16.6. The van der Waals surface area contributed by atoms with Crippen LogP contribution in [0.5, 0.6) is 5.75 Å². The molecule has 1 aromatic carbocycles. The van der Waals surface area contributed by atoms with Crippen LogP contribution in [0.3, 0.4) is 0 Å². The highest BCUT2D eigenvalue weighted by Gasteiger charge is 2.26. The second-order valence-corrected chi connectivity index (χ2v) is 11.0. The van der Waals surface area contributed by atoms with E-state index in [-0.39, 0.29) is 30.4 Å². The van der Waals surface area contributed by atoms with Crippen LogP contribution in [-0.2, 0) is 25.6 Å². The zero-order valence-electron chi connectivity index (χ0n) is 24.0. The first-order valence-corrected chi connectivity index (χ1v) is 14.1. The number of nitrogens with one attached hydrogen (secondary N) is 1. The third-order valence-electron chi connectivity index (χ3n) is 6.71. The van der Waals surface area contributed by atoms with Crippen molar-refractivity contribution in [3.05, 3.63) is 23.8 Å². The molecule has 2 aliphatic rings. The van der Waals surface area contributed by atoms with E-state index in [9.17, 15) is 14.4 Å². The summed E-state index contributed by atoms with van der Waals surface area (Å²) in [6, 6.07) is 5.88. The van der Waals surface area contributed by atoms with Crippen LogP contribution in [0.15, 0.2) is 23.2 Å². The Bertz CT molecular complexity index is 1020. The van der Waals surface area contributed by atoms with Gasteiger partial charge in [-0.3, -0.25) is 14.9 Å². The van der Waals surface area contributed by atoms with E-state index in [1.165, 1.54) is 19.3 Å². The molecular formula is C29H44N4O6. The summed E-state index contributed by atoms with van der Waals surface area (Å²) < 4.78 is 16.5. The van der Waals surface area contributed by atoms with Crippen LogP contribution in [0, 0.1) is 5.92 Å². The summed E-state index contributed by atoms with van der Waals surface area (Å²) in [5.74, 6) is 0.861. The Morgan fingerprint density at radius 2 is 1.87 bits per heavy atom. The normalized spacial score (nSPS) is 15.5. The maximum atomic E-state index is 12.6. The number of esters is 1. The van der Waals surface area contributed by atoms with Gasteiger partial charge < -0.3 is 24.0 Å². The van der Waals surface area contributed by atoms with Crippen LogP contribution in [-0.4, -0.2) is 72.7 Å². The third-order valence-corrected chi connectivity index (χ3v) is 6.71. The molecule has 1 N–H and O–H groups in total. The summed E-state index contributed by atoms with van der Waals surface area (Å²) in [7, 11) is 1.92. The van der Waals surface area contributed by atoms with Crippen molar-refractivity contribution >= 4 is 29.6 Å². The van der Waals surface area contributed by atoms with Gasteiger partial charge in [-0.05, 0) is 57.2 Å². The quantitative estimate of drug-likeness (QED) is 0.316. The Hall–Kier alpha value is -3.30. The van der Waals surface area contributed by atoms with Crippen LogP contribution in [0.25, 0.3) is 0 Å². The first-order chi connectivity index (χ1) is 18.6. The summed E-state index contributed by atoms with van der Waals surface area (Å²) in [4.78, 5) is 45.4. The monoisotopic (exact) mass is 544 g/mol.